The van der Waals surface area contributed by atoms with Crippen LogP contribution >= 0.6 is 22.9 Å². The summed E-state index contributed by atoms with van der Waals surface area (Å²) < 4.78 is 0.589. The van der Waals surface area contributed by atoms with Crippen molar-refractivity contribution in [3.05, 3.63) is 27.9 Å². The molecule has 1 heterocycles. The van der Waals surface area contributed by atoms with Crippen LogP contribution in [0.4, 0.5) is 0 Å². The standard InChI is InChI=1S/C9H14ClN3S/c1-4-13(7(2)11-3)6-8-5-12-9(10)14-8/h5,11H,2,4,6H2,1,3H3. The Morgan fingerprint density at radius 3 is 2.93 bits per heavy atom. The van der Waals surface area contributed by atoms with Crippen molar-refractivity contribution < 1.29 is 0 Å². The Morgan fingerprint density at radius 1 is 1.79 bits per heavy atom. The predicted octanol–water partition coefficient (Wildman–Crippen LogP) is 2.31. The Hall–Kier alpha value is -0.740. The van der Waals surface area contributed by atoms with Crippen LogP contribution < -0.4 is 5.32 Å². The summed E-state index contributed by atoms with van der Waals surface area (Å²) in [4.78, 5) is 7.27. The van der Waals surface area contributed by atoms with Crippen molar-refractivity contribution in [1.82, 2.24) is 15.2 Å². The van der Waals surface area contributed by atoms with Gasteiger partial charge < -0.3 is 10.2 Å². The summed E-state index contributed by atoms with van der Waals surface area (Å²) in [5.41, 5.74) is 0. The first kappa shape index (κ1) is 11.3. The summed E-state index contributed by atoms with van der Waals surface area (Å²) in [6.07, 6.45) is 1.80. The number of nitrogens with one attached hydrogen (secondary N) is 1. The molecule has 0 aliphatic carbocycles. The van der Waals surface area contributed by atoms with Gasteiger partial charge in [0.05, 0.1) is 12.4 Å². The largest absolute Gasteiger partial charge is 0.375 e. The minimum atomic E-state index is 0.589. The second kappa shape index (κ2) is 5.22. The van der Waals surface area contributed by atoms with E-state index >= 15 is 0 Å². The zero-order chi connectivity index (χ0) is 10.6. The maximum Gasteiger partial charge on any atom is 0.183 e. The predicted molar refractivity (Wildman–Crippen MR) is 61.4 cm³/mol. The van der Waals surface area contributed by atoms with Crippen LogP contribution in [-0.4, -0.2) is 23.5 Å². The van der Waals surface area contributed by atoms with Crippen LogP contribution in [0.2, 0.25) is 4.47 Å². The molecule has 0 spiro atoms. The molecular formula is C9H14ClN3S. The van der Waals surface area contributed by atoms with Gasteiger partial charge in [-0.05, 0) is 6.92 Å². The highest BCUT2D eigenvalue weighted by Crippen LogP contribution is 2.19. The molecule has 0 fully saturated rings. The number of rotatable bonds is 5. The molecule has 1 aromatic heterocycles. The fraction of sp³-hybridized carbons (Fsp3) is 0.444. The number of halogens is 1. The molecule has 0 saturated heterocycles. The van der Waals surface area contributed by atoms with Gasteiger partial charge in [0.1, 0.15) is 0 Å². The third-order valence-corrected chi connectivity index (χ3v) is 3.02. The Bertz CT molecular complexity index is 311. The van der Waals surface area contributed by atoms with Gasteiger partial charge in [0.25, 0.3) is 0 Å². The number of hydrogen-bond donors (Lipinski definition) is 1. The van der Waals surface area contributed by atoms with Gasteiger partial charge in [0.15, 0.2) is 4.47 Å². The summed E-state index contributed by atoms with van der Waals surface area (Å²) in [7, 11) is 1.87. The molecule has 0 saturated carbocycles. The van der Waals surface area contributed by atoms with Crippen LogP contribution in [0, 0.1) is 0 Å². The highest BCUT2D eigenvalue weighted by Gasteiger charge is 2.07. The van der Waals surface area contributed by atoms with Gasteiger partial charge in [0.2, 0.25) is 0 Å². The molecule has 0 aliphatic rings. The summed E-state index contributed by atoms with van der Waals surface area (Å²) in [5, 5.41) is 3.03. The molecule has 0 aliphatic heterocycles. The topological polar surface area (TPSA) is 28.2 Å². The maximum absolute atomic E-state index is 5.75. The number of nitrogens with zero attached hydrogens (tertiary/aromatic N) is 2. The average Bonchev–Trinajstić information content (AvgIpc) is 2.59. The molecule has 1 aromatic rings. The van der Waals surface area contributed by atoms with Crippen LogP contribution in [0.25, 0.3) is 0 Å². The van der Waals surface area contributed by atoms with Crippen molar-refractivity contribution >= 4 is 22.9 Å². The zero-order valence-electron chi connectivity index (χ0n) is 8.38. The van der Waals surface area contributed by atoms with E-state index in [1.165, 1.54) is 11.3 Å². The van der Waals surface area contributed by atoms with Crippen molar-refractivity contribution in [3.8, 4) is 0 Å². The van der Waals surface area contributed by atoms with E-state index < -0.39 is 0 Å². The molecule has 0 radical (unpaired) electrons. The molecule has 0 unspecified atom stereocenters. The maximum atomic E-state index is 5.75. The quantitative estimate of drug-likeness (QED) is 0.843. The Balaban J connectivity index is 2.61. The van der Waals surface area contributed by atoms with Crippen LogP contribution in [0.15, 0.2) is 18.6 Å². The van der Waals surface area contributed by atoms with Crippen LogP contribution in [0.3, 0.4) is 0 Å². The molecule has 1 rings (SSSR count). The van der Waals surface area contributed by atoms with Crippen LogP contribution in [0.1, 0.15) is 11.8 Å². The molecule has 1 N–H and O–H groups in total. The van der Waals surface area contributed by atoms with Gasteiger partial charge in [-0.25, -0.2) is 4.98 Å². The molecule has 14 heavy (non-hydrogen) atoms. The van der Waals surface area contributed by atoms with E-state index in [2.05, 4.69) is 28.7 Å². The van der Waals surface area contributed by atoms with E-state index in [-0.39, 0.29) is 0 Å². The smallest absolute Gasteiger partial charge is 0.183 e. The van der Waals surface area contributed by atoms with E-state index in [9.17, 15) is 0 Å². The molecule has 0 atom stereocenters. The Morgan fingerprint density at radius 2 is 2.50 bits per heavy atom. The van der Waals surface area contributed by atoms with Gasteiger partial charge in [-0.3, -0.25) is 0 Å². The van der Waals surface area contributed by atoms with Gasteiger partial charge in [0, 0.05) is 24.7 Å². The highest BCUT2D eigenvalue weighted by molar-refractivity contribution is 7.15. The molecule has 0 amide bonds. The van der Waals surface area contributed by atoms with E-state index in [1.807, 2.05) is 7.05 Å². The minimum absolute atomic E-state index is 0.589. The van der Waals surface area contributed by atoms with Gasteiger partial charge in [-0.15, -0.1) is 11.3 Å². The lowest BCUT2D eigenvalue weighted by Crippen LogP contribution is -2.28. The molecule has 0 bridgehead atoms. The van der Waals surface area contributed by atoms with Crippen molar-refractivity contribution in [1.29, 1.82) is 0 Å². The first-order valence-corrected chi connectivity index (χ1v) is 5.58. The highest BCUT2D eigenvalue weighted by atomic mass is 35.5. The number of thiazole rings is 1. The molecule has 0 aromatic carbocycles. The normalized spacial score (nSPS) is 9.93. The summed E-state index contributed by atoms with van der Waals surface area (Å²) in [6.45, 7) is 7.72. The van der Waals surface area contributed by atoms with E-state index in [4.69, 9.17) is 11.6 Å². The lowest BCUT2D eigenvalue weighted by Gasteiger charge is -2.23. The van der Waals surface area contributed by atoms with Gasteiger partial charge in [-0.2, -0.15) is 0 Å². The Labute approximate surface area is 93.4 Å². The van der Waals surface area contributed by atoms with E-state index in [0.717, 1.165) is 23.8 Å². The third-order valence-electron chi connectivity index (χ3n) is 1.92. The lowest BCUT2D eigenvalue weighted by atomic mass is 10.4. The van der Waals surface area contributed by atoms with E-state index in [1.54, 1.807) is 6.20 Å². The fourth-order valence-corrected chi connectivity index (χ4v) is 2.09. The third kappa shape index (κ3) is 2.89. The average molecular weight is 232 g/mol. The fourth-order valence-electron chi connectivity index (χ4n) is 1.10. The van der Waals surface area contributed by atoms with Crippen molar-refractivity contribution in [2.24, 2.45) is 0 Å². The molecule has 5 heteroatoms. The van der Waals surface area contributed by atoms with Crippen LogP contribution in [0.5, 0.6) is 0 Å². The molecular weight excluding hydrogens is 218 g/mol. The van der Waals surface area contributed by atoms with Crippen LogP contribution in [-0.2, 0) is 6.54 Å². The summed E-state index contributed by atoms with van der Waals surface area (Å²) in [5.74, 6) is 0.914. The first-order chi connectivity index (χ1) is 6.67. The minimum Gasteiger partial charge on any atom is -0.375 e. The summed E-state index contributed by atoms with van der Waals surface area (Å²) >= 11 is 7.25. The van der Waals surface area contributed by atoms with Crippen molar-refractivity contribution in [2.45, 2.75) is 13.5 Å². The molecule has 78 valence electrons. The molecule has 3 nitrogen and oxygen atoms in total. The first-order valence-electron chi connectivity index (χ1n) is 4.39. The van der Waals surface area contributed by atoms with Gasteiger partial charge >= 0.3 is 0 Å². The van der Waals surface area contributed by atoms with Crippen molar-refractivity contribution in [3.63, 3.8) is 0 Å². The second-order valence-corrected chi connectivity index (χ2v) is 4.49. The monoisotopic (exact) mass is 231 g/mol. The SMILES string of the molecule is C=C(NC)N(CC)Cc1cnc(Cl)s1. The van der Waals surface area contributed by atoms with Crippen molar-refractivity contribution in [2.75, 3.05) is 13.6 Å². The lowest BCUT2D eigenvalue weighted by molar-refractivity contribution is 0.339. The Kier molecular flexibility index (Phi) is 4.22. The number of aromatic nitrogens is 1. The van der Waals surface area contributed by atoms with E-state index in [0.29, 0.717) is 4.47 Å². The van der Waals surface area contributed by atoms with Gasteiger partial charge in [-0.1, -0.05) is 18.2 Å². The number of hydrogen-bond acceptors (Lipinski definition) is 4. The zero-order valence-corrected chi connectivity index (χ0v) is 9.95. The second-order valence-electron chi connectivity index (χ2n) is 2.79. The summed E-state index contributed by atoms with van der Waals surface area (Å²) in [6, 6.07) is 0.